The molecule has 0 saturated heterocycles. The van der Waals surface area contributed by atoms with Gasteiger partial charge in [0.25, 0.3) is 0 Å². The third kappa shape index (κ3) is 0.951. The van der Waals surface area contributed by atoms with E-state index in [1.807, 2.05) is 24.3 Å². The Bertz CT molecular complexity index is 245. The van der Waals surface area contributed by atoms with Crippen LogP contribution in [0.4, 0.5) is 0 Å². The molecule has 0 amide bonds. The van der Waals surface area contributed by atoms with Gasteiger partial charge in [0.1, 0.15) is 0 Å². The van der Waals surface area contributed by atoms with Crippen molar-refractivity contribution in [1.82, 2.24) is 0 Å². The van der Waals surface area contributed by atoms with Crippen LogP contribution in [0.2, 0.25) is 0 Å². The summed E-state index contributed by atoms with van der Waals surface area (Å²) in [5.74, 6) is 0. The lowest BCUT2D eigenvalue weighted by atomic mass is 10.1. The summed E-state index contributed by atoms with van der Waals surface area (Å²) >= 11 is 0. The highest BCUT2D eigenvalue weighted by molar-refractivity contribution is 5.35. The van der Waals surface area contributed by atoms with Crippen LogP contribution < -0.4 is 5.73 Å². The Hall–Kier alpha value is -0.860. The predicted molar refractivity (Wildman–Crippen MR) is 42.9 cm³/mol. The van der Waals surface area contributed by atoms with Gasteiger partial charge in [-0.05, 0) is 17.5 Å². The maximum Gasteiger partial charge on any atom is 0.0811 e. The van der Waals surface area contributed by atoms with Crippen molar-refractivity contribution in [1.29, 1.82) is 0 Å². The lowest BCUT2D eigenvalue weighted by Crippen LogP contribution is -2.05. The van der Waals surface area contributed by atoms with Crippen molar-refractivity contribution in [3.63, 3.8) is 0 Å². The highest BCUT2D eigenvalue weighted by Gasteiger charge is 2.25. The smallest absolute Gasteiger partial charge is 0.0811 e. The quantitative estimate of drug-likeness (QED) is 0.580. The summed E-state index contributed by atoms with van der Waals surface area (Å²) < 4.78 is 0. The summed E-state index contributed by atoms with van der Waals surface area (Å²) in [7, 11) is 0. The van der Waals surface area contributed by atoms with Crippen molar-refractivity contribution in [3.8, 4) is 0 Å². The van der Waals surface area contributed by atoms with Gasteiger partial charge in [-0.2, -0.15) is 0 Å². The van der Waals surface area contributed by atoms with Gasteiger partial charge in [-0.3, -0.25) is 0 Å². The fourth-order valence-electron chi connectivity index (χ4n) is 1.65. The van der Waals surface area contributed by atoms with E-state index >= 15 is 0 Å². The first-order chi connectivity index (χ1) is 5.29. The zero-order valence-corrected chi connectivity index (χ0v) is 6.20. The van der Waals surface area contributed by atoms with Gasteiger partial charge < -0.3 is 10.8 Å². The fourth-order valence-corrected chi connectivity index (χ4v) is 1.65. The maximum atomic E-state index is 9.47. The van der Waals surface area contributed by atoms with E-state index in [4.69, 9.17) is 5.73 Å². The molecular weight excluding hydrogens is 138 g/mol. The second kappa shape index (κ2) is 2.32. The minimum atomic E-state index is -0.346. The second-order valence-corrected chi connectivity index (χ2v) is 2.99. The van der Waals surface area contributed by atoms with Crippen molar-refractivity contribution >= 4 is 0 Å². The zero-order valence-electron chi connectivity index (χ0n) is 6.20. The largest absolute Gasteiger partial charge is 0.388 e. The molecule has 1 aliphatic rings. The van der Waals surface area contributed by atoms with Crippen LogP contribution in [0, 0.1) is 0 Å². The molecule has 2 nitrogen and oxygen atoms in total. The summed E-state index contributed by atoms with van der Waals surface area (Å²) in [6.45, 7) is 0. The third-order valence-corrected chi connectivity index (χ3v) is 2.23. The number of aliphatic hydroxyl groups is 1. The molecule has 11 heavy (non-hydrogen) atoms. The Balaban J connectivity index is 2.52. The third-order valence-electron chi connectivity index (χ3n) is 2.23. The number of aliphatic hydroxyl groups excluding tert-OH is 1. The maximum absolute atomic E-state index is 9.47. The molecule has 0 radical (unpaired) electrons. The fraction of sp³-hybridized carbons (Fsp3) is 0.333. The molecule has 3 N–H and O–H groups in total. The van der Waals surface area contributed by atoms with Crippen LogP contribution >= 0.6 is 0 Å². The number of benzene rings is 1. The van der Waals surface area contributed by atoms with Gasteiger partial charge in [-0.1, -0.05) is 24.3 Å². The van der Waals surface area contributed by atoms with Gasteiger partial charge >= 0.3 is 0 Å². The standard InChI is InChI=1S/C9H11NO/c10-8-5-9(11)7-4-2-1-3-6(7)8/h1-4,8-9,11H,5,10H2/t8-,9-/m1/s1. The molecule has 0 heterocycles. The highest BCUT2D eigenvalue weighted by Crippen LogP contribution is 2.36. The van der Waals surface area contributed by atoms with Crippen LogP contribution in [0.1, 0.15) is 29.7 Å². The van der Waals surface area contributed by atoms with Gasteiger partial charge in [-0.15, -0.1) is 0 Å². The van der Waals surface area contributed by atoms with E-state index in [1.165, 1.54) is 0 Å². The van der Waals surface area contributed by atoms with Gasteiger partial charge in [0.15, 0.2) is 0 Å². The van der Waals surface area contributed by atoms with E-state index in [1.54, 1.807) is 0 Å². The molecule has 2 atom stereocenters. The van der Waals surface area contributed by atoms with Crippen LogP contribution in [0.5, 0.6) is 0 Å². The van der Waals surface area contributed by atoms with E-state index in [9.17, 15) is 5.11 Å². The Morgan fingerprint density at radius 3 is 2.55 bits per heavy atom. The van der Waals surface area contributed by atoms with E-state index in [0.717, 1.165) is 11.1 Å². The minimum absolute atomic E-state index is 0.0289. The van der Waals surface area contributed by atoms with Gasteiger partial charge in [0.05, 0.1) is 6.10 Å². The molecule has 0 fully saturated rings. The van der Waals surface area contributed by atoms with Crippen LogP contribution in [-0.4, -0.2) is 5.11 Å². The Morgan fingerprint density at radius 2 is 1.91 bits per heavy atom. The number of fused-ring (bicyclic) bond motifs is 1. The van der Waals surface area contributed by atoms with Crippen LogP contribution in [-0.2, 0) is 0 Å². The van der Waals surface area contributed by atoms with Crippen molar-refractivity contribution in [2.45, 2.75) is 18.6 Å². The number of hydrogen-bond acceptors (Lipinski definition) is 2. The van der Waals surface area contributed by atoms with E-state index < -0.39 is 0 Å². The Labute approximate surface area is 65.7 Å². The van der Waals surface area contributed by atoms with Crippen LogP contribution in [0.25, 0.3) is 0 Å². The molecule has 2 rings (SSSR count). The number of nitrogens with two attached hydrogens (primary N) is 1. The van der Waals surface area contributed by atoms with Gasteiger partial charge in [-0.25, -0.2) is 0 Å². The topological polar surface area (TPSA) is 46.2 Å². The molecular formula is C9H11NO. The summed E-state index contributed by atoms with van der Waals surface area (Å²) in [5.41, 5.74) is 7.87. The summed E-state index contributed by atoms with van der Waals surface area (Å²) in [6, 6.07) is 7.83. The molecule has 0 aromatic heterocycles. The molecule has 1 aromatic carbocycles. The molecule has 0 bridgehead atoms. The summed E-state index contributed by atoms with van der Waals surface area (Å²) in [4.78, 5) is 0. The number of hydrogen-bond donors (Lipinski definition) is 2. The van der Waals surface area contributed by atoms with E-state index in [2.05, 4.69) is 0 Å². The Kier molecular flexibility index (Phi) is 1.44. The molecule has 1 aliphatic carbocycles. The zero-order chi connectivity index (χ0) is 7.84. The average Bonchev–Trinajstić information content (AvgIpc) is 2.30. The monoisotopic (exact) mass is 149 g/mol. The predicted octanol–water partition coefficient (Wildman–Crippen LogP) is 1.12. The molecule has 1 aromatic rings. The number of rotatable bonds is 0. The summed E-state index contributed by atoms with van der Waals surface area (Å²) in [6.07, 6.45) is 0.320. The van der Waals surface area contributed by atoms with Crippen molar-refractivity contribution in [3.05, 3.63) is 35.4 Å². The molecule has 58 valence electrons. The Morgan fingerprint density at radius 1 is 1.27 bits per heavy atom. The lowest BCUT2D eigenvalue weighted by molar-refractivity contribution is 0.173. The molecule has 2 heteroatoms. The summed E-state index contributed by atoms with van der Waals surface area (Å²) in [5, 5.41) is 9.47. The van der Waals surface area contributed by atoms with Gasteiger partial charge in [0.2, 0.25) is 0 Å². The first kappa shape index (κ1) is 6.83. The lowest BCUT2D eigenvalue weighted by Gasteiger charge is -2.01. The average molecular weight is 149 g/mol. The SMILES string of the molecule is N[C@@H]1C[C@@H](O)c2ccccc21. The highest BCUT2D eigenvalue weighted by atomic mass is 16.3. The van der Waals surface area contributed by atoms with Crippen LogP contribution in [0.3, 0.4) is 0 Å². The van der Waals surface area contributed by atoms with Gasteiger partial charge in [0, 0.05) is 6.04 Å². The minimum Gasteiger partial charge on any atom is -0.388 e. The van der Waals surface area contributed by atoms with Crippen LogP contribution in [0.15, 0.2) is 24.3 Å². The van der Waals surface area contributed by atoms with Crippen molar-refractivity contribution in [2.75, 3.05) is 0 Å². The first-order valence-electron chi connectivity index (χ1n) is 3.81. The normalized spacial score (nSPS) is 28.5. The second-order valence-electron chi connectivity index (χ2n) is 2.99. The molecule has 0 spiro atoms. The molecule has 0 unspecified atom stereocenters. The van der Waals surface area contributed by atoms with Crippen molar-refractivity contribution in [2.24, 2.45) is 5.73 Å². The first-order valence-corrected chi connectivity index (χ1v) is 3.81. The van der Waals surface area contributed by atoms with Crippen molar-refractivity contribution < 1.29 is 5.11 Å². The molecule has 0 aliphatic heterocycles. The van der Waals surface area contributed by atoms with E-state index in [0.29, 0.717) is 6.42 Å². The van der Waals surface area contributed by atoms with E-state index in [-0.39, 0.29) is 12.1 Å². The molecule has 0 saturated carbocycles.